The molecule has 13 heavy (non-hydrogen) atoms. The molecule has 0 saturated carbocycles. The van der Waals surface area contributed by atoms with Crippen LogP contribution in [0.2, 0.25) is 10.0 Å². The van der Waals surface area contributed by atoms with Crippen LogP contribution in [-0.2, 0) is 4.74 Å². The van der Waals surface area contributed by atoms with Crippen LogP contribution in [0.4, 0.5) is 0 Å². The molecule has 0 aliphatic carbocycles. The van der Waals surface area contributed by atoms with Gasteiger partial charge < -0.3 is 10.5 Å². The van der Waals surface area contributed by atoms with E-state index in [0.29, 0.717) is 16.7 Å². The van der Waals surface area contributed by atoms with E-state index in [1.807, 2.05) is 0 Å². The van der Waals surface area contributed by atoms with Crippen molar-refractivity contribution in [2.75, 3.05) is 13.7 Å². The Hall–Kier alpha value is -0.280. The van der Waals surface area contributed by atoms with Crippen LogP contribution in [0.3, 0.4) is 0 Å². The Morgan fingerprint density at radius 3 is 2.31 bits per heavy atom. The molecule has 0 saturated heterocycles. The highest BCUT2D eigenvalue weighted by Gasteiger charge is 2.06. The number of ether oxygens (including phenoxy) is 1. The van der Waals surface area contributed by atoms with Crippen LogP contribution in [0, 0.1) is 0 Å². The van der Waals surface area contributed by atoms with Gasteiger partial charge in [0.25, 0.3) is 0 Å². The Morgan fingerprint density at radius 2 is 1.85 bits per heavy atom. The van der Waals surface area contributed by atoms with Crippen LogP contribution in [-0.4, -0.2) is 13.7 Å². The minimum Gasteiger partial charge on any atom is -0.383 e. The summed E-state index contributed by atoms with van der Waals surface area (Å²) in [5, 5.41) is 1.18. The predicted octanol–water partition coefficient (Wildman–Crippen LogP) is 2.64. The Morgan fingerprint density at radius 1 is 1.31 bits per heavy atom. The third-order valence-corrected chi connectivity index (χ3v) is 2.10. The molecule has 0 aliphatic rings. The Labute approximate surface area is 87.6 Å². The van der Waals surface area contributed by atoms with Crippen LogP contribution in [0.25, 0.3) is 0 Å². The van der Waals surface area contributed by atoms with Crippen molar-refractivity contribution in [2.24, 2.45) is 5.73 Å². The fourth-order valence-electron chi connectivity index (χ4n) is 1.07. The fourth-order valence-corrected chi connectivity index (χ4v) is 1.61. The lowest BCUT2D eigenvalue weighted by Gasteiger charge is -2.11. The Kier molecular flexibility index (Phi) is 4.00. The SMILES string of the molecule is COC[C@@H](N)c1cc(Cl)cc(Cl)c1. The fraction of sp³-hybridized carbons (Fsp3) is 0.333. The molecule has 0 aromatic heterocycles. The topological polar surface area (TPSA) is 35.2 Å². The minimum absolute atomic E-state index is 0.179. The van der Waals surface area contributed by atoms with Gasteiger partial charge in [0.2, 0.25) is 0 Å². The molecule has 4 heteroatoms. The largest absolute Gasteiger partial charge is 0.383 e. The van der Waals surface area contributed by atoms with Crippen LogP contribution in [0.1, 0.15) is 11.6 Å². The normalized spacial score (nSPS) is 12.9. The van der Waals surface area contributed by atoms with Crippen LogP contribution in [0.5, 0.6) is 0 Å². The lowest BCUT2D eigenvalue weighted by molar-refractivity contribution is 0.181. The van der Waals surface area contributed by atoms with Crippen LogP contribution >= 0.6 is 23.2 Å². The Balaban J connectivity index is 2.87. The van der Waals surface area contributed by atoms with Gasteiger partial charge in [-0.15, -0.1) is 0 Å². The molecule has 1 aromatic carbocycles. The number of hydrogen-bond acceptors (Lipinski definition) is 2. The monoisotopic (exact) mass is 219 g/mol. The quantitative estimate of drug-likeness (QED) is 0.849. The second kappa shape index (κ2) is 4.82. The summed E-state index contributed by atoms with van der Waals surface area (Å²) in [7, 11) is 1.60. The molecular formula is C9H11Cl2NO. The first-order valence-corrected chi connectivity index (χ1v) is 4.59. The van der Waals surface area contributed by atoms with E-state index < -0.39 is 0 Å². The molecule has 0 radical (unpaired) electrons. The number of nitrogens with two attached hydrogens (primary N) is 1. The third kappa shape index (κ3) is 3.16. The standard InChI is InChI=1S/C9H11Cl2NO/c1-13-5-9(12)6-2-7(10)4-8(11)3-6/h2-4,9H,5,12H2,1H3/t9-/m1/s1. The summed E-state index contributed by atoms with van der Waals surface area (Å²) < 4.78 is 4.93. The van der Waals surface area contributed by atoms with Crippen molar-refractivity contribution < 1.29 is 4.74 Å². The van der Waals surface area contributed by atoms with Gasteiger partial charge in [0.15, 0.2) is 0 Å². The molecule has 1 rings (SSSR count). The average molecular weight is 220 g/mol. The number of benzene rings is 1. The first-order valence-electron chi connectivity index (χ1n) is 3.84. The molecule has 1 aromatic rings. The summed E-state index contributed by atoms with van der Waals surface area (Å²) in [5.41, 5.74) is 6.69. The molecule has 0 aliphatic heterocycles. The highest BCUT2D eigenvalue weighted by Crippen LogP contribution is 2.22. The van der Waals surface area contributed by atoms with E-state index in [4.69, 9.17) is 33.7 Å². The predicted molar refractivity (Wildman–Crippen MR) is 55.3 cm³/mol. The number of rotatable bonds is 3. The van der Waals surface area contributed by atoms with Gasteiger partial charge in [-0.25, -0.2) is 0 Å². The number of methoxy groups -OCH3 is 1. The molecule has 1 atom stereocenters. The van der Waals surface area contributed by atoms with Gasteiger partial charge in [-0.05, 0) is 23.8 Å². The van der Waals surface area contributed by atoms with E-state index in [-0.39, 0.29) is 6.04 Å². The molecule has 0 heterocycles. The third-order valence-electron chi connectivity index (χ3n) is 1.66. The van der Waals surface area contributed by atoms with E-state index >= 15 is 0 Å². The summed E-state index contributed by atoms with van der Waals surface area (Å²) in [4.78, 5) is 0. The zero-order valence-corrected chi connectivity index (χ0v) is 8.77. The summed E-state index contributed by atoms with van der Waals surface area (Å²) in [6.45, 7) is 0.455. The highest BCUT2D eigenvalue weighted by molar-refractivity contribution is 6.34. The number of hydrogen-bond donors (Lipinski definition) is 1. The summed E-state index contributed by atoms with van der Waals surface area (Å²) in [6, 6.07) is 5.07. The van der Waals surface area contributed by atoms with Gasteiger partial charge >= 0.3 is 0 Å². The van der Waals surface area contributed by atoms with E-state index in [9.17, 15) is 0 Å². The zero-order chi connectivity index (χ0) is 9.84. The van der Waals surface area contributed by atoms with Gasteiger partial charge in [0.05, 0.1) is 12.6 Å². The maximum absolute atomic E-state index is 5.81. The van der Waals surface area contributed by atoms with Gasteiger partial charge in [0.1, 0.15) is 0 Å². The summed E-state index contributed by atoms with van der Waals surface area (Å²) in [6.07, 6.45) is 0. The molecule has 0 unspecified atom stereocenters. The van der Waals surface area contributed by atoms with Crippen LogP contribution in [0.15, 0.2) is 18.2 Å². The van der Waals surface area contributed by atoms with Crippen molar-refractivity contribution in [2.45, 2.75) is 6.04 Å². The molecule has 0 bridgehead atoms. The van der Waals surface area contributed by atoms with E-state index in [0.717, 1.165) is 5.56 Å². The molecule has 0 spiro atoms. The van der Waals surface area contributed by atoms with Crippen molar-refractivity contribution in [3.63, 3.8) is 0 Å². The van der Waals surface area contributed by atoms with E-state index in [1.54, 1.807) is 25.3 Å². The molecule has 2 nitrogen and oxygen atoms in total. The molecular weight excluding hydrogens is 209 g/mol. The lowest BCUT2D eigenvalue weighted by atomic mass is 10.1. The van der Waals surface area contributed by atoms with Crippen molar-refractivity contribution in [1.29, 1.82) is 0 Å². The maximum Gasteiger partial charge on any atom is 0.0655 e. The van der Waals surface area contributed by atoms with Crippen LogP contribution < -0.4 is 5.73 Å². The lowest BCUT2D eigenvalue weighted by Crippen LogP contribution is -2.15. The second-order valence-electron chi connectivity index (χ2n) is 2.76. The first-order chi connectivity index (χ1) is 6.13. The van der Waals surface area contributed by atoms with Gasteiger partial charge in [-0.2, -0.15) is 0 Å². The smallest absolute Gasteiger partial charge is 0.0655 e. The summed E-state index contributed by atoms with van der Waals surface area (Å²) in [5.74, 6) is 0. The van der Waals surface area contributed by atoms with Gasteiger partial charge in [-0.1, -0.05) is 23.2 Å². The van der Waals surface area contributed by atoms with E-state index in [2.05, 4.69) is 0 Å². The maximum atomic E-state index is 5.81. The highest BCUT2D eigenvalue weighted by atomic mass is 35.5. The van der Waals surface area contributed by atoms with Crippen molar-refractivity contribution >= 4 is 23.2 Å². The summed E-state index contributed by atoms with van der Waals surface area (Å²) >= 11 is 11.6. The first kappa shape index (κ1) is 10.8. The van der Waals surface area contributed by atoms with Crippen molar-refractivity contribution in [3.05, 3.63) is 33.8 Å². The van der Waals surface area contributed by atoms with Crippen molar-refractivity contribution in [1.82, 2.24) is 0 Å². The molecule has 0 amide bonds. The average Bonchev–Trinajstić information content (AvgIpc) is 2.03. The zero-order valence-electron chi connectivity index (χ0n) is 7.26. The minimum atomic E-state index is -0.179. The second-order valence-corrected chi connectivity index (χ2v) is 3.64. The van der Waals surface area contributed by atoms with Gasteiger partial charge in [-0.3, -0.25) is 0 Å². The van der Waals surface area contributed by atoms with E-state index in [1.165, 1.54) is 0 Å². The molecule has 2 N–H and O–H groups in total. The van der Waals surface area contributed by atoms with Crippen molar-refractivity contribution in [3.8, 4) is 0 Å². The molecule has 72 valence electrons. The van der Waals surface area contributed by atoms with Gasteiger partial charge in [0, 0.05) is 17.2 Å². The molecule has 0 fully saturated rings. The number of halogens is 2. The Bertz CT molecular complexity index is 271.